The molecule has 0 heterocycles. The quantitative estimate of drug-likeness (QED) is 0.849. The first-order chi connectivity index (χ1) is 8.91. The molecule has 0 spiro atoms. The number of nitrogens with zero attached hydrogens (tertiary/aromatic N) is 1. The molecule has 0 saturated carbocycles. The van der Waals surface area contributed by atoms with Crippen molar-refractivity contribution in [3.63, 3.8) is 0 Å². The second kappa shape index (κ2) is 6.78. The third kappa shape index (κ3) is 4.62. The molecular formula is C14H20N2O3. The predicted molar refractivity (Wildman–Crippen MR) is 73.1 cm³/mol. The topological polar surface area (TPSA) is 69.6 Å². The number of carbonyl (C=O) groups is 2. The van der Waals surface area contributed by atoms with E-state index in [2.05, 4.69) is 11.4 Å². The largest absolute Gasteiger partial charge is 0.480 e. The van der Waals surface area contributed by atoms with Gasteiger partial charge in [-0.2, -0.15) is 0 Å². The van der Waals surface area contributed by atoms with E-state index in [9.17, 15) is 9.59 Å². The average Bonchev–Trinajstić information content (AvgIpc) is 2.36. The number of aryl methyl sites for hydroxylation is 1. The summed E-state index contributed by atoms with van der Waals surface area (Å²) in [6, 6.07) is 6.86. The Bertz CT molecular complexity index is 460. The first-order valence-electron chi connectivity index (χ1n) is 6.21. The van der Waals surface area contributed by atoms with Gasteiger partial charge in [0.15, 0.2) is 0 Å². The molecule has 0 aliphatic heterocycles. The third-order valence-corrected chi connectivity index (χ3v) is 3.03. The minimum Gasteiger partial charge on any atom is -0.480 e. The highest BCUT2D eigenvalue weighted by molar-refractivity contribution is 5.82. The van der Waals surface area contributed by atoms with Gasteiger partial charge in [-0.1, -0.05) is 29.8 Å². The number of hydrogen-bond acceptors (Lipinski definition) is 2. The second-order valence-corrected chi connectivity index (χ2v) is 4.60. The molecule has 0 bridgehead atoms. The maximum absolute atomic E-state index is 11.7. The number of amides is 2. The fraction of sp³-hybridized carbons (Fsp3) is 0.429. The Morgan fingerprint density at radius 3 is 2.68 bits per heavy atom. The maximum Gasteiger partial charge on any atom is 0.326 e. The first-order valence-corrected chi connectivity index (χ1v) is 6.21. The Kier molecular flexibility index (Phi) is 5.36. The van der Waals surface area contributed by atoms with Crippen LogP contribution in [-0.4, -0.2) is 41.6 Å². The van der Waals surface area contributed by atoms with E-state index < -0.39 is 12.0 Å². The predicted octanol–water partition coefficient (Wildman–Crippen LogP) is 1.65. The SMILES string of the molecule is Cc1cccc(CCNC(=O)N(C)C(C)C(=O)O)c1. The molecule has 1 unspecified atom stereocenters. The number of carboxylic acid groups (broad SMARTS) is 1. The van der Waals surface area contributed by atoms with Crippen LogP contribution in [0.1, 0.15) is 18.1 Å². The molecule has 5 nitrogen and oxygen atoms in total. The molecule has 19 heavy (non-hydrogen) atoms. The summed E-state index contributed by atoms with van der Waals surface area (Å²) < 4.78 is 0. The van der Waals surface area contributed by atoms with E-state index in [1.54, 1.807) is 0 Å². The van der Waals surface area contributed by atoms with Gasteiger partial charge in [0, 0.05) is 13.6 Å². The van der Waals surface area contributed by atoms with E-state index in [0.29, 0.717) is 6.54 Å². The molecule has 1 aromatic rings. The Balaban J connectivity index is 2.41. The van der Waals surface area contributed by atoms with Crippen molar-refractivity contribution in [2.75, 3.05) is 13.6 Å². The third-order valence-electron chi connectivity index (χ3n) is 3.03. The van der Waals surface area contributed by atoms with E-state index in [1.807, 2.05) is 25.1 Å². The second-order valence-electron chi connectivity index (χ2n) is 4.60. The molecule has 0 fully saturated rings. The Morgan fingerprint density at radius 2 is 2.11 bits per heavy atom. The van der Waals surface area contributed by atoms with Crippen molar-refractivity contribution in [3.8, 4) is 0 Å². The molecule has 0 aromatic heterocycles. The van der Waals surface area contributed by atoms with Gasteiger partial charge in [0.2, 0.25) is 0 Å². The molecule has 0 aliphatic rings. The van der Waals surface area contributed by atoms with Crippen molar-refractivity contribution >= 4 is 12.0 Å². The number of hydrogen-bond donors (Lipinski definition) is 2. The Hall–Kier alpha value is -2.04. The highest BCUT2D eigenvalue weighted by Crippen LogP contribution is 2.04. The molecule has 2 amide bonds. The number of aliphatic carboxylic acids is 1. The van der Waals surface area contributed by atoms with Gasteiger partial charge in [0.25, 0.3) is 0 Å². The van der Waals surface area contributed by atoms with Crippen LogP contribution in [0.25, 0.3) is 0 Å². The number of urea groups is 1. The van der Waals surface area contributed by atoms with Crippen LogP contribution in [0.4, 0.5) is 4.79 Å². The zero-order valence-electron chi connectivity index (χ0n) is 11.5. The van der Waals surface area contributed by atoms with Crippen LogP contribution in [0.15, 0.2) is 24.3 Å². The summed E-state index contributed by atoms with van der Waals surface area (Å²) in [7, 11) is 1.47. The molecule has 0 radical (unpaired) electrons. The molecule has 2 N–H and O–H groups in total. The Labute approximate surface area is 113 Å². The molecule has 1 aromatic carbocycles. The number of rotatable bonds is 5. The number of likely N-dealkylation sites (N-methyl/N-ethyl adjacent to an activating group) is 1. The molecule has 0 aliphatic carbocycles. The summed E-state index contributed by atoms with van der Waals surface area (Å²) >= 11 is 0. The van der Waals surface area contributed by atoms with E-state index in [-0.39, 0.29) is 6.03 Å². The summed E-state index contributed by atoms with van der Waals surface area (Å²) in [5, 5.41) is 11.5. The summed E-state index contributed by atoms with van der Waals surface area (Å²) in [4.78, 5) is 23.6. The van der Waals surface area contributed by atoms with Gasteiger partial charge in [-0.05, 0) is 25.8 Å². The van der Waals surface area contributed by atoms with Crippen molar-refractivity contribution in [2.45, 2.75) is 26.3 Å². The van der Waals surface area contributed by atoms with Crippen LogP contribution >= 0.6 is 0 Å². The molecule has 1 rings (SSSR count). The standard InChI is InChI=1S/C14H20N2O3/c1-10-5-4-6-12(9-10)7-8-15-14(19)16(3)11(2)13(17)18/h4-6,9,11H,7-8H2,1-3H3,(H,15,19)(H,17,18). The lowest BCUT2D eigenvalue weighted by Crippen LogP contribution is -2.46. The van der Waals surface area contributed by atoms with Gasteiger partial charge in [-0.3, -0.25) is 0 Å². The van der Waals surface area contributed by atoms with Crippen molar-refractivity contribution in [1.29, 1.82) is 0 Å². The van der Waals surface area contributed by atoms with E-state index in [1.165, 1.54) is 24.4 Å². The van der Waals surface area contributed by atoms with Crippen LogP contribution < -0.4 is 5.32 Å². The molecule has 1 atom stereocenters. The minimum atomic E-state index is -1.02. The minimum absolute atomic E-state index is 0.373. The number of nitrogens with one attached hydrogen (secondary N) is 1. The molecule has 0 saturated heterocycles. The monoisotopic (exact) mass is 264 g/mol. The fourth-order valence-corrected chi connectivity index (χ4v) is 1.65. The van der Waals surface area contributed by atoms with Crippen LogP contribution in [-0.2, 0) is 11.2 Å². The number of carbonyl (C=O) groups excluding carboxylic acids is 1. The van der Waals surface area contributed by atoms with Crippen LogP contribution in [0.2, 0.25) is 0 Å². The van der Waals surface area contributed by atoms with Crippen molar-refractivity contribution in [2.24, 2.45) is 0 Å². The first kappa shape index (κ1) is 15.0. The molecular weight excluding hydrogens is 244 g/mol. The Morgan fingerprint density at radius 1 is 1.42 bits per heavy atom. The van der Waals surface area contributed by atoms with Gasteiger partial charge >= 0.3 is 12.0 Å². The lowest BCUT2D eigenvalue weighted by atomic mass is 10.1. The van der Waals surface area contributed by atoms with Crippen molar-refractivity contribution in [1.82, 2.24) is 10.2 Å². The van der Waals surface area contributed by atoms with Crippen LogP contribution in [0.3, 0.4) is 0 Å². The lowest BCUT2D eigenvalue weighted by molar-refractivity contribution is -0.141. The van der Waals surface area contributed by atoms with Gasteiger partial charge < -0.3 is 15.3 Å². The van der Waals surface area contributed by atoms with Crippen molar-refractivity contribution in [3.05, 3.63) is 35.4 Å². The lowest BCUT2D eigenvalue weighted by Gasteiger charge is -2.21. The van der Waals surface area contributed by atoms with Gasteiger partial charge in [0.1, 0.15) is 6.04 Å². The smallest absolute Gasteiger partial charge is 0.326 e. The average molecular weight is 264 g/mol. The normalized spacial score (nSPS) is 11.7. The van der Waals surface area contributed by atoms with Crippen LogP contribution in [0.5, 0.6) is 0 Å². The summed E-state index contributed by atoms with van der Waals surface area (Å²) in [6.45, 7) is 3.98. The zero-order chi connectivity index (χ0) is 14.4. The maximum atomic E-state index is 11.7. The summed E-state index contributed by atoms with van der Waals surface area (Å²) in [5.41, 5.74) is 2.33. The number of benzene rings is 1. The molecule has 104 valence electrons. The molecule has 5 heteroatoms. The highest BCUT2D eigenvalue weighted by Gasteiger charge is 2.20. The van der Waals surface area contributed by atoms with E-state index in [4.69, 9.17) is 5.11 Å². The van der Waals surface area contributed by atoms with Gasteiger partial charge in [-0.15, -0.1) is 0 Å². The zero-order valence-corrected chi connectivity index (χ0v) is 11.5. The van der Waals surface area contributed by atoms with Crippen molar-refractivity contribution < 1.29 is 14.7 Å². The van der Waals surface area contributed by atoms with E-state index >= 15 is 0 Å². The highest BCUT2D eigenvalue weighted by atomic mass is 16.4. The fourth-order valence-electron chi connectivity index (χ4n) is 1.65. The van der Waals surface area contributed by atoms with Gasteiger partial charge in [0.05, 0.1) is 0 Å². The summed E-state index contributed by atoms with van der Waals surface area (Å²) in [6.07, 6.45) is 0.725. The number of carboxylic acids is 1. The van der Waals surface area contributed by atoms with Gasteiger partial charge in [-0.25, -0.2) is 9.59 Å². The van der Waals surface area contributed by atoms with E-state index in [0.717, 1.165) is 12.0 Å². The van der Waals surface area contributed by atoms with Crippen LogP contribution in [0, 0.1) is 6.92 Å². The summed E-state index contributed by atoms with van der Waals surface area (Å²) in [5.74, 6) is -1.02.